The number of aliphatic hydroxyl groups excluding tert-OH is 1. The smallest absolute Gasteiger partial charge is 0.223 e. The maximum atomic E-state index is 10.7. The maximum absolute atomic E-state index is 10.7. The highest BCUT2D eigenvalue weighted by molar-refractivity contribution is 5.77. The number of aliphatic hydroxyl groups is 1. The van der Waals surface area contributed by atoms with Gasteiger partial charge in [0.2, 0.25) is 5.91 Å². The maximum Gasteiger partial charge on any atom is 0.223 e. The second-order valence-electron chi connectivity index (χ2n) is 2.99. The van der Waals surface area contributed by atoms with Crippen molar-refractivity contribution in [3.8, 4) is 0 Å². The number of hydrogen-bond acceptors (Lipinski definition) is 2. The zero-order chi connectivity index (χ0) is 9.72. The van der Waals surface area contributed by atoms with Crippen molar-refractivity contribution < 1.29 is 9.90 Å². The first kappa shape index (κ1) is 11.2. The molecule has 0 spiro atoms. The van der Waals surface area contributed by atoms with E-state index in [4.69, 9.17) is 5.73 Å². The van der Waals surface area contributed by atoms with E-state index in [0.717, 1.165) is 12.0 Å². The Kier molecular flexibility index (Phi) is 4.59. The van der Waals surface area contributed by atoms with E-state index in [-0.39, 0.29) is 0 Å². The topological polar surface area (TPSA) is 63.3 Å². The van der Waals surface area contributed by atoms with Gasteiger partial charge in [0.05, 0.1) is 12.0 Å². The Morgan fingerprint density at radius 3 is 2.50 bits per heavy atom. The minimum absolute atomic E-state index is 0.466. The fraction of sp³-hybridized carbons (Fsp3) is 0.667. The van der Waals surface area contributed by atoms with Gasteiger partial charge in [-0.05, 0) is 18.9 Å². The highest BCUT2D eigenvalue weighted by Crippen LogP contribution is 2.11. The van der Waals surface area contributed by atoms with Crippen LogP contribution < -0.4 is 5.73 Å². The minimum atomic E-state index is -0.734. The Bertz CT molecular complexity index is 187. The highest BCUT2D eigenvalue weighted by Gasteiger charge is 2.20. The van der Waals surface area contributed by atoms with Gasteiger partial charge in [-0.2, -0.15) is 0 Å². The van der Waals surface area contributed by atoms with Crippen LogP contribution in [0.25, 0.3) is 0 Å². The molecule has 2 atom stereocenters. The van der Waals surface area contributed by atoms with Crippen molar-refractivity contribution in [1.82, 2.24) is 0 Å². The molecule has 0 radical (unpaired) electrons. The molecule has 0 rings (SSSR count). The number of hydrogen-bond donors (Lipinski definition) is 2. The molecule has 3 heteroatoms. The van der Waals surface area contributed by atoms with Gasteiger partial charge in [0.15, 0.2) is 0 Å². The summed E-state index contributed by atoms with van der Waals surface area (Å²) in [5, 5.41) is 9.52. The lowest BCUT2D eigenvalue weighted by molar-refractivity contribution is -0.123. The normalized spacial score (nSPS) is 17.2. The molecule has 3 nitrogen and oxygen atoms in total. The van der Waals surface area contributed by atoms with Gasteiger partial charge in [-0.1, -0.05) is 19.9 Å². The fourth-order valence-corrected chi connectivity index (χ4v) is 0.993. The van der Waals surface area contributed by atoms with Gasteiger partial charge in [0.25, 0.3) is 0 Å². The van der Waals surface area contributed by atoms with Gasteiger partial charge in [0.1, 0.15) is 0 Å². The predicted octanol–water partition coefficient (Wildman–Crippen LogP) is 0.825. The molecular formula is C9H17NO2. The van der Waals surface area contributed by atoms with Crippen LogP contribution >= 0.6 is 0 Å². The molecule has 0 aliphatic carbocycles. The number of primary amides is 1. The van der Waals surface area contributed by atoms with Gasteiger partial charge in [-0.3, -0.25) is 4.79 Å². The zero-order valence-corrected chi connectivity index (χ0v) is 7.87. The molecule has 0 aliphatic rings. The Labute approximate surface area is 73.3 Å². The Balaban J connectivity index is 4.28. The molecule has 3 N–H and O–H groups in total. The average Bonchev–Trinajstić information content (AvgIpc) is 2.02. The lowest BCUT2D eigenvalue weighted by Gasteiger charge is -2.16. The summed E-state index contributed by atoms with van der Waals surface area (Å²) in [7, 11) is 0. The summed E-state index contributed by atoms with van der Waals surface area (Å²) in [4.78, 5) is 10.7. The van der Waals surface area contributed by atoms with Crippen LogP contribution in [0, 0.1) is 5.92 Å². The Hall–Kier alpha value is -0.830. The van der Waals surface area contributed by atoms with E-state index in [1.165, 1.54) is 0 Å². The van der Waals surface area contributed by atoms with Crippen molar-refractivity contribution in [2.24, 2.45) is 11.7 Å². The van der Waals surface area contributed by atoms with Gasteiger partial charge < -0.3 is 10.8 Å². The van der Waals surface area contributed by atoms with Crippen LogP contribution in [0.3, 0.4) is 0 Å². The van der Waals surface area contributed by atoms with Crippen LogP contribution in [-0.4, -0.2) is 17.1 Å². The number of allylic oxidation sites excluding steroid dienone is 1. The van der Waals surface area contributed by atoms with Gasteiger partial charge in [-0.25, -0.2) is 0 Å². The van der Waals surface area contributed by atoms with E-state index in [0.29, 0.717) is 0 Å². The van der Waals surface area contributed by atoms with Crippen molar-refractivity contribution in [2.45, 2.75) is 33.3 Å². The van der Waals surface area contributed by atoms with Crippen molar-refractivity contribution in [3.63, 3.8) is 0 Å². The number of rotatable bonds is 4. The quantitative estimate of drug-likeness (QED) is 0.615. The molecule has 0 saturated heterocycles. The van der Waals surface area contributed by atoms with Crippen LogP contribution in [-0.2, 0) is 4.79 Å². The van der Waals surface area contributed by atoms with Crippen LogP contribution in [0.1, 0.15) is 27.2 Å². The molecule has 0 aliphatic heterocycles. The average molecular weight is 171 g/mol. The summed E-state index contributed by atoms with van der Waals surface area (Å²) in [6.07, 6.45) is 2.01. The Morgan fingerprint density at radius 1 is 1.67 bits per heavy atom. The molecule has 70 valence electrons. The van der Waals surface area contributed by atoms with Crippen LogP contribution in [0.4, 0.5) is 0 Å². The molecule has 1 amide bonds. The largest absolute Gasteiger partial charge is 0.388 e. The van der Waals surface area contributed by atoms with E-state index in [1.807, 2.05) is 13.0 Å². The van der Waals surface area contributed by atoms with Crippen molar-refractivity contribution in [1.29, 1.82) is 0 Å². The standard InChI is InChI=1S/C9H17NO2/c1-4-5-6(2)8(11)7(3)9(10)12/h5,7-8,11H,4H2,1-3H3,(H2,10,12). The first-order valence-corrected chi connectivity index (χ1v) is 4.14. The molecule has 0 aromatic heterocycles. The summed E-state index contributed by atoms with van der Waals surface area (Å²) >= 11 is 0. The van der Waals surface area contributed by atoms with Crippen LogP contribution in [0.15, 0.2) is 11.6 Å². The third-order valence-electron chi connectivity index (χ3n) is 1.92. The summed E-state index contributed by atoms with van der Waals surface area (Å²) < 4.78 is 0. The fourth-order valence-electron chi connectivity index (χ4n) is 0.993. The molecule has 0 aromatic rings. The number of amides is 1. The number of carbonyl (C=O) groups excluding carboxylic acids is 1. The first-order valence-electron chi connectivity index (χ1n) is 4.14. The third-order valence-corrected chi connectivity index (χ3v) is 1.92. The summed E-state index contributed by atoms with van der Waals surface area (Å²) in [5.41, 5.74) is 5.85. The summed E-state index contributed by atoms with van der Waals surface area (Å²) in [6.45, 7) is 5.40. The Morgan fingerprint density at radius 2 is 2.17 bits per heavy atom. The van der Waals surface area contributed by atoms with Crippen molar-refractivity contribution in [2.75, 3.05) is 0 Å². The second kappa shape index (κ2) is 4.93. The minimum Gasteiger partial charge on any atom is -0.388 e. The zero-order valence-electron chi connectivity index (χ0n) is 7.87. The summed E-state index contributed by atoms with van der Waals surface area (Å²) in [5.74, 6) is -0.973. The third kappa shape index (κ3) is 3.05. The lowest BCUT2D eigenvalue weighted by atomic mass is 9.97. The van der Waals surface area contributed by atoms with E-state index in [1.54, 1.807) is 13.8 Å². The first-order chi connectivity index (χ1) is 5.50. The lowest BCUT2D eigenvalue weighted by Crippen LogP contribution is -2.31. The van der Waals surface area contributed by atoms with Gasteiger partial charge in [-0.15, -0.1) is 0 Å². The SMILES string of the molecule is CCC=C(C)C(O)C(C)C(N)=O. The molecule has 0 fully saturated rings. The molecule has 12 heavy (non-hydrogen) atoms. The monoisotopic (exact) mass is 171 g/mol. The molecule has 2 unspecified atom stereocenters. The highest BCUT2D eigenvalue weighted by atomic mass is 16.3. The van der Waals surface area contributed by atoms with Gasteiger partial charge >= 0.3 is 0 Å². The van der Waals surface area contributed by atoms with E-state index in [9.17, 15) is 9.90 Å². The molecule has 0 bridgehead atoms. The second-order valence-corrected chi connectivity index (χ2v) is 2.99. The molecule has 0 heterocycles. The predicted molar refractivity (Wildman–Crippen MR) is 48.4 cm³/mol. The number of nitrogens with two attached hydrogens (primary N) is 1. The molecular weight excluding hydrogens is 154 g/mol. The van der Waals surface area contributed by atoms with E-state index < -0.39 is 17.9 Å². The van der Waals surface area contributed by atoms with E-state index in [2.05, 4.69) is 0 Å². The van der Waals surface area contributed by atoms with Crippen molar-refractivity contribution >= 4 is 5.91 Å². The summed E-state index contributed by atoms with van der Waals surface area (Å²) in [6, 6.07) is 0. The number of carbonyl (C=O) groups is 1. The van der Waals surface area contributed by atoms with Crippen LogP contribution in [0.5, 0.6) is 0 Å². The molecule has 0 saturated carbocycles. The van der Waals surface area contributed by atoms with E-state index >= 15 is 0 Å². The van der Waals surface area contributed by atoms with Gasteiger partial charge in [0, 0.05) is 0 Å². The molecule has 0 aromatic carbocycles. The van der Waals surface area contributed by atoms with Crippen LogP contribution in [0.2, 0.25) is 0 Å². The van der Waals surface area contributed by atoms with Crippen molar-refractivity contribution in [3.05, 3.63) is 11.6 Å².